The first-order valence-corrected chi connectivity index (χ1v) is 6.58. The summed E-state index contributed by atoms with van der Waals surface area (Å²) >= 11 is 5.74. The van der Waals surface area contributed by atoms with Gasteiger partial charge in [-0.1, -0.05) is 11.6 Å². The molecule has 0 aliphatic carbocycles. The van der Waals surface area contributed by atoms with Crippen LogP contribution >= 0.6 is 11.6 Å². The summed E-state index contributed by atoms with van der Waals surface area (Å²) in [5.74, 6) is -0.859. The van der Waals surface area contributed by atoms with Crippen LogP contribution < -0.4 is 5.32 Å². The van der Waals surface area contributed by atoms with Crippen LogP contribution in [0.2, 0.25) is 5.02 Å². The van der Waals surface area contributed by atoms with Crippen LogP contribution in [0.4, 0.5) is 5.69 Å². The number of hydrogen-bond donors (Lipinski definition) is 2. The van der Waals surface area contributed by atoms with Crippen LogP contribution in [-0.4, -0.2) is 24.7 Å². The predicted molar refractivity (Wildman–Crippen MR) is 65.2 cm³/mol. The SMILES string of the molecule is CC(=O)CC(=O)Nc1ccc(S(=O)(=O)O)cc1Cl. The first-order valence-electron chi connectivity index (χ1n) is 4.76. The fourth-order valence-corrected chi connectivity index (χ4v) is 1.98. The largest absolute Gasteiger partial charge is 0.324 e. The average molecular weight is 292 g/mol. The van der Waals surface area contributed by atoms with Crippen LogP contribution in [0.25, 0.3) is 0 Å². The third-order valence-corrected chi connectivity index (χ3v) is 3.08. The standard InChI is InChI=1S/C10H10ClNO5S/c1-6(13)4-10(14)12-9-3-2-7(5-8(9)11)18(15,16)17/h2-3,5H,4H2,1H3,(H,12,14)(H,15,16,17). The number of benzene rings is 1. The van der Waals surface area contributed by atoms with Crippen molar-refractivity contribution < 1.29 is 22.6 Å². The van der Waals surface area contributed by atoms with Crippen LogP contribution in [-0.2, 0) is 19.7 Å². The summed E-state index contributed by atoms with van der Waals surface area (Å²) in [6.45, 7) is 1.27. The lowest BCUT2D eigenvalue weighted by molar-refractivity contribution is -0.124. The molecule has 0 saturated carbocycles. The molecule has 0 aliphatic heterocycles. The Morgan fingerprint density at radius 1 is 1.39 bits per heavy atom. The Hall–Kier alpha value is -1.44. The number of nitrogens with one attached hydrogen (secondary N) is 1. The van der Waals surface area contributed by atoms with Gasteiger partial charge in [0.2, 0.25) is 5.91 Å². The van der Waals surface area contributed by atoms with Gasteiger partial charge in [0.15, 0.2) is 0 Å². The van der Waals surface area contributed by atoms with E-state index >= 15 is 0 Å². The Balaban J connectivity index is 2.94. The summed E-state index contributed by atoms with van der Waals surface area (Å²) in [6, 6.07) is 3.31. The van der Waals surface area contributed by atoms with Crippen molar-refractivity contribution in [3.05, 3.63) is 23.2 Å². The molecule has 2 N–H and O–H groups in total. The number of anilines is 1. The molecule has 0 saturated heterocycles. The number of hydrogen-bond acceptors (Lipinski definition) is 4. The lowest BCUT2D eigenvalue weighted by atomic mass is 10.2. The van der Waals surface area contributed by atoms with Crippen molar-refractivity contribution in [3.63, 3.8) is 0 Å². The van der Waals surface area contributed by atoms with Crippen LogP contribution in [0.5, 0.6) is 0 Å². The van der Waals surface area contributed by atoms with E-state index in [0.717, 1.165) is 12.1 Å². The molecule has 1 rings (SSSR count). The number of carbonyl (C=O) groups excluding carboxylic acids is 2. The minimum absolute atomic E-state index is 0.0537. The van der Waals surface area contributed by atoms with E-state index in [0.29, 0.717) is 0 Å². The number of Topliss-reactive ketones (excluding diaryl/α,β-unsaturated/α-hetero) is 1. The summed E-state index contributed by atoms with van der Waals surface area (Å²) in [5, 5.41) is 2.30. The molecule has 0 heterocycles. The van der Waals surface area contributed by atoms with Crippen LogP contribution in [0, 0.1) is 0 Å². The summed E-state index contributed by atoms with van der Waals surface area (Å²) in [4.78, 5) is 21.6. The Morgan fingerprint density at radius 3 is 2.44 bits per heavy atom. The number of halogens is 1. The number of amides is 1. The predicted octanol–water partition coefficient (Wildman–Crippen LogP) is 1.50. The van der Waals surface area contributed by atoms with Crippen LogP contribution in [0.15, 0.2) is 23.1 Å². The molecular weight excluding hydrogens is 282 g/mol. The highest BCUT2D eigenvalue weighted by molar-refractivity contribution is 7.85. The summed E-state index contributed by atoms with van der Waals surface area (Å²) in [5.41, 5.74) is 0.162. The summed E-state index contributed by atoms with van der Waals surface area (Å²) in [6.07, 6.45) is -0.295. The van der Waals surface area contributed by atoms with Gasteiger partial charge in [-0.3, -0.25) is 14.1 Å². The molecular formula is C10H10ClNO5S. The first kappa shape index (κ1) is 14.6. The van der Waals surface area contributed by atoms with Crippen molar-refractivity contribution in [2.75, 3.05) is 5.32 Å². The van der Waals surface area contributed by atoms with Crippen molar-refractivity contribution in [1.29, 1.82) is 0 Å². The van der Waals surface area contributed by atoms with Crippen LogP contribution in [0.3, 0.4) is 0 Å². The number of ketones is 1. The molecule has 0 aromatic heterocycles. The molecule has 0 atom stereocenters. The van der Waals surface area contributed by atoms with E-state index in [9.17, 15) is 18.0 Å². The minimum atomic E-state index is -4.34. The molecule has 1 amide bonds. The van der Waals surface area contributed by atoms with Crippen molar-refractivity contribution in [2.24, 2.45) is 0 Å². The lowest BCUT2D eigenvalue weighted by Crippen LogP contribution is -2.15. The number of carbonyl (C=O) groups is 2. The molecule has 18 heavy (non-hydrogen) atoms. The van der Waals surface area contributed by atoms with Gasteiger partial charge in [0.1, 0.15) is 5.78 Å². The molecule has 0 unspecified atom stereocenters. The smallest absolute Gasteiger partial charge is 0.294 e. The quantitative estimate of drug-likeness (QED) is 0.647. The van der Waals surface area contributed by atoms with Gasteiger partial charge in [-0.2, -0.15) is 8.42 Å². The molecule has 0 fully saturated rings. The van der Waals surface area contributed by atoms with Gasteiger partial charge >= 0.3 is 0 Å². The number of rotatable bonds is 4. The van der Waals surface area contributed by atoms with E-state index in [-0.39, 0.29) is 27.8 Å². The van der Waals surface area contributed by atoms with Crippen molar-refractivity contribution in [1.82, 2.24) is 0 Å². The van der Waals surface area contributed by atoms with Crippen LogP contribution in [0.1, 0.15) is 13.3 Å². The first-order chi connectivity index (χ1) is 8.20. The van der Waals surface area contributed by atoms with Gasteiger partial charge in [0.05, 0.1) is 22.0 Å². The maximum absolute atomic E-state index is 11.3. The zero-order valence-corrected chi connectivity index (χ0v) is 10.9. The molecule has 0 spiro atoms. The zero-order chi connectivity index (χ0) is 13.9. The van der Waals surface area contributed by atoms with Gasteiger partial charge in [0.25, 0.3) is 10.1 Å². The van der Waals surface area contributed by atoms with E-state index in [1.807, 2.05) is 0 Å². The average Bonchev–Trinajstić information content (AvgIpc) is 2.18. The van der Waals surface area contributed by atoms with E-state index in [2.05, 4.69) is 5.32 Å². The molecule has 0 radical (unpaired) electrons. The lowest BCUT2D eigenvalue weighted by Gasteiger charge is -2.07. The Labute approximate surface area is 109 Å². The fourth-order valence-electron chi connectivity index (χ4n) is 1.18. The Morgan fingerprint density at radius 2 is 2.00 bits per heavy atom. The van der Waals surface area contributed by atoms with Gasteiger partial charge in [0, 0.05) is 0 Å². The molecule has 1 aromatic carbocycles. The van der Waals surface area contributed by atoms with E-state index in [1.54, 1.807) is 0 Å². The van der Waals surface area contributed by atoms with Gasteiger partial charge in [-0.05, 0) is 25.1 Å². The molecule has 1 aromatic rings. The monoisotopic (exact) mass is 291 g/mol. The maximum atomic E-state index is 11.3. The highest BCUT2D eigenvalue weighted by Gasteiger charge is 2.13. The second-order valence-corrected chi connectivity index (χ2v) is 5.37. The van der Waals surface area contributed by atoms with E-state index in [1.165, 1.54) is 13.0 Å². The third-order valence-electron chi connectivity index (χ3n) is 1.92. The van der Waals surface area contributed by atoms with Crippen molar-refractivity contribution >= 4 is 39.1 Å². The second-order valence-electron chi connectivity index (χ2n) is 3.54. The maximum Gasteiger partial charge on any atom is 0.294 e. The minimum Gasteiger partial charge on any atom is -0.324 e. The zero-order valence-electron chi connectivity index (χ0n) is 9.31. The van der Waals surface area contributed by atoms with Crippen molar-refractivity contribution in [3.8, 4) is 0 Å². The fraction of sp³-hybridized carbons (Fsp3) is 0.200. The molecule has 98 valence electrons. The molecule has 6 nitrogen and oxygen atoms in total. The topological polar surface area (TPSA) is 101 Å². The third kappa shape index (κ3) is 4.10. The molecule has 0 aliphatic rings. The molecule has 8 heteroatoms. The normalized spacial score (nSPS) is 11.1. The summed E-state index contributed by atoms with van der Waals surface area (Å²) < 4.78 is 30.4. The summed E-state index contributed by atoms with van der Waals surface area (Å²) in [7, 11) is -4.34. The van der Waals surface area contributed by atoms with E-state index < -0.39 is 16.0 Å². The van der Waals surface area contributed by atoms with E-state index in [4.69, 9.17) is 16.2 Å². The highest BCUT2D eigenvalue weighted by Crippen LogP contribution is 2.25. The second kappa shape index (κ2) is 5.47. The Bertz CT molecular complexity index is 596. The Kier molecular flexibility index (Phi) is 4.44. The van der Waals surface area contributed by atoms with Gasteiger partial charge in [-0.15, -0.1) is 0 Å². The van der Waals surface area contributed by atoms with Crippen molar-refractivity contribution in [2.45, 2.75) is 18.2 Å². The van der Waals surface area contributed by atoms with Gasteiger partial charge in [-0.25, -0.2) is 0 Å². The van der Waals surface area contributed by atoms with Gasteiger partial charge < -0.3 is 5.32 Å². The molecule has 0 bridgehead atoms. The highest BCUT2D eigenvalue weighted by atomic mass is 35.5.